The number of para-hydroxylation sites is 1. The lowest BCUT2D eigenvalue weighted by molar-refractivity contribution is -0.121. The van der Waals surface area contributed by atoms with Crippen LogP contribution in [0.25, 0.3) is 0 Å². The summed E-state index contributed by atoms with van der Waals surface area (Å²) < 4.78 is 6.20. The number of carbonyl (C=O) groups excluding carboxylic acids is 2. The number of rotatable bonds is 6. The number of ether oxygens (including phenoxy) is 1. The molecular formula is C18H19BrN2O3. The molecule has 0 bridgehead atoms. The van der Waals surface area contributed by atoms with Crippen molar-refractivity contribution in [1.82, 2.24) is 10.9 Å². The van der Waals surface area contributed by atoms with Gasteiger partial charge in [-0.25, -0.2) is 0 Å². The predicted octanol–water partition coefficient (Wildman–Crippen LogP) is 3.24. The van der Waals surface area contributed by atoms with Crippen molar-refractivity contribution in [2.45, 2.75) is 19.8 Å². The second-order valence-electron chi connectivity index (χ2n) is 5.02. The van der Waals surface area contributed by atoms with E-state index in [0.29, 0.717) is 23.1 Å². The van der Waals surface area contributed by atoms with Crippen molar-refractivity contribution in [2.75, 3.05) is 6.61 Å². The Kier molecular flexibility index (Phi) is 6.81. The molecule has 0 atom stereocenters. The first kappa shape index (κ1) is 18.0. The van der Waals surface area contributed by atoms with Gasteiger partial charge in [0.25, 0.3) is 5.91 Å². The third kappa shape index (κ3) is 5.09. The molecule has 2 rings (SSSR count). The van der Waals surface area contributed by atoms with Gasteiger partial charge >= 0.3 is 0 Å². The highest BCUT2D eigenvalue weighted by molar-refractivity contribution is 9.10. The monoisotopic (exact) mass is 390 g/mol. The van der Waals surface area contributed by atoms with Gasteiger partial charge in [-0.3, -0.25) is 20.4 Å². The molecule has 0 aliphatic rings. The van der Waals surface area contributed by atoms with Gasteiger partial charge in [0.2, 0.25) is 5.91 Å². The fourth-order valence-corrected chi connectivity index (χ4v) is 2.62. The van der Waals surface area contributed by atoms with E-state index in [9.17, 15) is 9.59 Å². The average Bonchev–Trinajstić information content (AvgIpc) is 2.59. The Morgan fingerprint density at radius 3 is 2.50 bits per heavy atom. The summed E-state index contributed by atoms with van der Waals surface area (Å²) in [5.41, 5.74) is 6.27. The molecule has 0 unspecified atom stereocenters. The molecule has 2 aromatic carbocycles. The zero-order valence-electron chi connectivity index (χ0n) is 13.3. The smallest absolute Gasteiger partial charge is 0.270 e. The number of benzene rings is 2. The van der Waals surface area contributed by atoms with Crippen LogP contribution in [0.3, 0.4) is 0 Å². The number of hydrogen-bond donors (Lipinski definition) is 2. The predicted molar refractivity (Wildman–Crippen MR) is 95.7 cm³/mol. The maximum absolute atomic E-state index is 12.0. The van der Waals surface area contributed by atoms with E-state index in [-0.39, 0.29) is 18.2 Å². The minimum absolute atomic E-state index is 0.250. The van der Waals surface area contributed by atoms with Crippen molar-refractivity contribution in [1.29, 1.82) is 0 Å². The van der Waals surface area contributed by atoms with Gasteiger partial charge in [0.15, 0.2) is 0 Å². The van der Waals surface area contributed by atoms with Gasteiger partial charge in [-0.15, -0.1) is 0 Å². The first-order chi connectivity index (χ1) is 11.6. The van der Waals surface area contributed by atoms with Gasteiger partial charge in [-0.2, -0.15) is 0 Å². The van der Waals surface area contributed by atoms with Crippen molar-refractivity contribution in [3.63, 3.8) is 0 Å². The second kappa shape index (κ2) is 9.08. The molecule has 0 aromatic heterocycles. The second-order valence-corrected chi connectivity index (χ2v) is 5.88. The lowest BCUT2D eigenvalue weighted by Gasteiger charge is -2.11. The van der Waals surface area contributed by atoms with Crippen LogP contribution in [0.1, 0.15) is 29.3 Å². The van der Waals surface area contributed by atoms with Crippen LogP contribution in [0.4, 0.5) is 0 Å². The molecular weight excluding hydrogens is 372 g/mol. The normalized spacial score (nSPS) is 10.1. The fraction of sp³-hybridized carbons (Fsp3) is 0.222. The molecule has 0 saturated heterocycles. The van der Waals surface area contributed by atoms with E-state index >= 15 is 0 Å². The van der Waals surface area contributed by atoms with Crippen molar-refractivity contribution >= 4 is 27.7 Å². The lowest BCUT2D eigenvalue weighted by atomic mass is 10.1. The molecule has 6 heteroatoms. The van der Waals surface area contributed by atoms with Crippen LogP contribution in [0.5, 0.6) is 5.75 Å². The largest absolute Gasteiger partial charge is 0.494 e. The van der Waals surface area contributed by atoms with E-state index in [1.165, 1.54) is 0 Å². The van der Waals surface area contributed by atoms with Crippen LogP contribution in [0.15, 0.2) is 53.0 Å². The van der Waals surface area contributed by atoms with Gasteiger partial charge in [0, 0.05) is 10.9 Å². The lowest BCUT2D eigenvalue weighted by Crippen LogP contribution is -2.41. The Hall–Kier alpha value is -2.34. The number of halogens is 1. The van der Waals surface area contributed by atoms with Gasteiger partial charge in [-0.1, -0.05) is 30.3 Å². The molecule has 24 heavy (non-hydrogen) atoms. The molecule has 2 aromatic rings. The summed E-state index contributed by atoms with van der Waals surface area (Å²) in [6, 6.07) is 14.6. The topological polar surface area (TPSA) is 67.4 Å². The van der Waals surface area contributed by atoms with Crippen LogP contribution < -0.4 is 15.6 Å². The molecule has 126 valence electrons. The molecule has 0 fully saturated rings. The van der Waals surface area contributed by atoms with Gasteiger partial charge < -0.3 is 4.74 Å². The standard InChI is InChI=1S/C18H19BrN2O3/c1-2-24-16-10-6-3-7-13(16)11-12-17(22)20-21-18(23)14-8-4-5-9-15(14)19/h3-10H,2,11-12H2,1H3,(H,20,22)(H,21,23). The summed E-state index contributed by atoms with van der Waals surface area (Å²) in [4.78, 5) is 23.9. The van der Waals surface area contributed by atoms with E-state index in [2.05, 4.69) is 26.8 Å². The Morgan fingerprint density at radius 1 is 1.04 bits per heavy atom. The van der Waals surface area contributed by atoms with Crippen molar-refractivity contribution in [2.24, 2.45) is 0 Å². The maximum atomic E-state index is 12.0. The zero-order valence-corrected chi connectivity index (χ0v) is 14.9. The number of aryl methyl sites for hydroxylation is 1. The molecule has 2 N–H and O–H groups in total. The summed E-state index contributed by atoms with van der Waals surface area (Å²) in [7, 11) is 0. The summed E-state index contributed by atoms with van der Waals surface area (Å²) in [6.07, 6.45) is 0.785. The van der Waals surface area contributed by atoms with Crippen molar-refractivity contribution in [3.05, 3.63) is 64.1 Å². The van der Waals surface area contributed by atoms with Crippen LogP contribution >= 0.6 is 15.9 Å². The van der Waals surface area contributed by atoms with Crippen LogP contribution in [0.2, 0.25) is 0 Å². The quantitative estimate of drug-likeness (QED) is 0.743. The van der Waals surface area contributed by atoms with Gasteiger partial charge in [0.05, 0.1) is 12.2 Å². The Morgan fingerprint density at radius 2 is 1.75 bits per heavy atom. The highest BCUT2D eigenvalue weighted by Gasteiger charge is 2.11. The summed E-state index contributed by atoms with van der Waals surface area (Å²) >= 11 is 3.30. The highest BCUT2D eigenvalue weighted by Crippen LogP contribution is 2.19. The molecule has 5 nitrogen and oxygen atoms in total. The molecule has 2 amide bonds. The minimum atomic E-state index is -0.370. The number of nitrogens with one attached hydrogen (secondary N) is 2. The molecule has 0 saturated carbocycles. The maximum Gasteiger partial charge on any atom is 0.270 e. The van der Waals surface area contributed by atoms with E-state index in [1.54, 1.807) is 18.2 Å². The number of amides is 2. The van der Waals surface area contributed by atoms with E-state index in [4.69, 9.17) is 4.74 Å². The van der Waals surface area contributed by atoms with Gasteiger partial charge in [-0.05, 0) is 53.0 Å². The molecule has 0 spiro atoms. The van der Waals surface area contributed by atoms with Crippen molar-refractivity contribution < 1.29 is 14.3 Å². The summed E-state index contributed by atoms with van der Waals surface area (Å²) in [5.74, 6) is 0.150. The minimum Gasteiger partial charge on any atom is -0.494 e. The zero-order chi connectivity index (χ0) is 17.4. The fourth-order valence-electron chi connectivity index (χ4n) is 2.16. The summed E-state index contributed by atoms with van der Waals surface area (Å²) in [5, 5.41) is 0. The van der Waals surface area contributed by atoms with E-state index in [0.717, 1.165) is 11.3 Å². The summed E-state index contributed by atoms with van der Waals surface area (Å²) in [6.45, 7) is 2.49. The number of hydrazine groups is 1. The Bertz CT molecular complexity index is 719. The number of hydrogen-bond acceptors (Lipinski definition) is 3. The van der Waals surface area contributed by atoms with E-state index in [1.807, 2.05) is 37.3 Å². The Balaban J connectivity index is 1.84. The Labute approximate surface area is 149 Å². The van der Waals surface area contributed by atoms with Gasteiger partial charge in [0.1, 0.15) is 5.75 Å². The molecule has 0 aliphatic heterocycles. The first-order valence-electron chi connectivity index (χ1n) is 7.66. The molecule has 0 radical (unpaired) electrons. The molecule has 0 heterocycles. The van der Waals surface area contributed by atoms with E-state index < -0.39 is 0 Å². The molecule has 0 aliphatic carbocycles. The average molecular weight is 391 g/mol. The van der Waals surface area contributed by atoms with Crippen LogP contribution in [-0.2, 0) is 11.2 Å². The SMILES string of the molecule is CCOc1ccccc1CCC(=O)NNC(=O)c1ccccc1Br. The van der Waals surface area contributed by atoms with Crippen LogP contribution in [0, 0.1) is 0 Å². The van der Waals surface area contributed by atoms with Crippen molar-refractivity contribution in [3.8, 4) is 5.75 Å². The first-order valence-corrected chi connectivity index (χ1v) is 8.45. The highest BCUT2D eigenvalue weighted by atomic mass is 79.9. The third-order valence-corrected chi connectivity index (χ3v) is 4.02. The number of carbonyl (C=O) groups is 2. The van der Waals surface area contributed by atoms with Crippen LogP contribution in [-0.4, -0.2) is 18.4 Å². The third-order valence-electron chi connectivity index (χ3n) is 3.33.